The zero-order valence-corrected chi connectivity index (χ0v) is 13.8. The fraction of sp³-hybridized carbons (Fsp3) is 0.312. The van der Waals surface area contributed by atoms with Gasteiger partial charge in [0.05, 0.1) is 27.0 Å². The summed E-state index contributed by atoms with van der Waals surface area (Å²) in [6, 6.07) is 2.80. The minimum atomic E-state index is -0.837. The lowest BCUT2D eigenvalue weighted by Gasteiger charge is -2.27. The number of dihydropyridines is 1. The van der Waals surface area contributed by atoms with Crippen molar-refractivity contribution in [2.75, 3.05) is 20.7 Å². The Morgan fingerprint density at radius 2 is 2.28 bits per heavy atom. The number of imide groups is 1. The highest BCUT2D eigenvalue weighted by atomic mass is 16.5. The first kappa shape index (κ1) is 16.6. The van der Waals surface area contributed by atoms with Crippen LogP contribution in [-0.2, 0) is 20.9 Å². The van der Waals surface area contributed by atoms with E-state index in [1.165, 1.54) is 31.2 Å². The minimum Gasteiger partial charge on any atom is -0.499 e. The summed E-state index contributed by atoms with van der Waals surface area (Å²) in [5.74, 6) is -0.635. The monoisotopic (exact) mass is 345 g/mol. The molecule has 0 aromatic carbocycles. The summed E-state index contributed by atoms with van der Waals surface area (Å²) in [6.07, 6.45) is 4.52. The molecule has 25 heavy (non-hydrogen) atoms. The van der Waals surface area contributed by atoms with Crippen LogP contribution in [0.25, 0.3) is 0 Å². The topological polar surface area (TPSA) is 104 Å². The second kappa shape index (κ2) is 6.71. The fourth-order valence-electron chi connectivity index (χ4n) is 2.66. The van der Waals surface area contributed by atoms with Crippen molar-refractivity contribution in [1.29, 1.82) is 0 Å². The highest BCUT2D eigenvalue weighted by molar-refractivity contribution is 6.16. The Kier molecular flexibility index (Phi) is 4.46. The van der Waals surface area contributed by atoms with Gasteiger partial charge >= 0.3 is 11.9 Å². The van der Waals surface area contributed by atoms with E-state index in [4.69, 9.17) is 9.15 Å². The van der Waals surface area contributed by atoms with Crippen molar-refractivity contribution in [3.63, 3.8) is 0 Å². The number of allylic oxidation sites excluding steroid dienone is 1. The van der Waals surface area contributed by atoms with Crippen LogP contribution in [-0.4, -0.2) is 60.1 Å². The predicted molar refractivity (Wildman–Crippen MR) is 85.9 cm³/mol. The normalized spacial score (nSPS) is 19.7. The molecule has 4 amide bonds. The lowest BCUT2D eigenvalue weighted by molar-refractivity contribution is -0.408. The van der Waals surface area contributed by atoms with Gasteiger partial charge in [0.25, 0.3) is 11.7 Å². The van der Waals surface area contributed by atoms with E-state index < -0.39 is 30.3 Å². The second-order valence-corrected chi connectivity index (χ2v) is 5.46. The van der Waals surface area contributed by atoms with E-state index in [-0.39, 0.29) is 12.4 Å². The molecule has 130 valence electrons. The molecule has 0 radical (unpaired) electrons. The van der Waals surface area contributed by atoms with Crippen LogP contribution < -0.4 is 5.32 Å². The summed E-state index contributed by atoms with van der Waals surface area (Å²) >= 11 is 0. The third kappa shape index (κ3) is 3.08. The molecule has 0 spiro atoms. The van der Waals surface area contributed by atoms with Crippen molar-refractivity contribution in [2.24, 2.45) is 10.9 Å². The lowest BCUT2D eigenvalue weighted by Crippen LogP contribution is -2.56. The van der Waals surface area contributed by atoms with Gasteiger partial charge in [-0.25, -0.2) is 4.79 Å². The maximum atomic E-state index is 12.7. The standard InChI is InChI=1S/C16H16N4O5/c1-19-14-13(11(24-2)5-6-17-14)15(22)20(16(19)23)9-12(21)18-8-10-4-3-7-25-10/h3-7,13H,8-9H2,1-2H3/p+1. The number of carbonyl (C=O) groups excluding carboxylic acids is 3. The molecule has 9 nitrogen and oxygen atoms in total. The predicted octanol–water partition coefficient (Wildman–Crippen LogP) is 0.130. The molecule has 2 aliphatic heterocycles. The number of ether oxygens (including phenoxy) is 1. The van der Waals surface area contributed by atoms with Crippen LogP contribution in [0, 0.1) is 5.92 Å². The molecule has 0 saturated carbocycles. The van der Waals surface area contributed by atoms with Gasteiger partial charge in [0.15, 0.2) is 12.5 Å². The SMILES string of the molecule is COC1=CC=NC2=[N+](C)C(=O)N(CC(=O)NCc3ccco3)C(=O)C12. The van der Waals surface area contributed by atoms with Gasteiger partial charge in [-0.05, 0) is 12.1 Å². The van der Waals surface area contributed by atoms with Crippen LogP contribution in [0.15, 0.2) is 39.6 Å². The Morgan fingerprint density at radius 1 is 1.48 bits per heavy atom. The summed E-state index contributed by atoms with van der Waals surface area (Å²) in [4.78, 5) is 42.2. The highest BCUT2D eigenvalue weighted by Gasteiger charge is 2.49. The number of nitrogens with one attached hydrogen (secondary N) is 1. The van der Waals surface area contributed by atoms with Gasteiger partial charge in [0, 0.05) is 6.08 Å². The Hall–Kier alpha value is -3.23. The molecule has 0 bridgehead atoms. The van der Waals surface area contributed by atoms with Crippen LogP contribution in [0.5, 0.6) is 0 Å². The zero-order valence-electron chi connectivity index (χ0n) is 13.8. The van der Waals surface area contributed by atoms with Crippen LogP contribution in [0.3, 0.4) is 0 Å². The number of furan rings is 1. The molecule has 1 aromatic rings. The van der Waals surface area contributed by atoms with E-state index in [1.807, 2.05) is 0 Å². The van der Waals surface area contributed by atoms with E-state index in [9.17, 15) is 14.4 Å². The average Bonchev–Trinajstić information content (AvgIpc) is 3.14. The van der Waals surface area contributed by atoms with Gasteiger partial charge in [0.1, 0.15) is 17.7 Å². The summed E-state index contributed by atoms with van der Waals surface area (Å²) < 4.78 is 11.6. The first-order valence-electron chi connectivity index (χ1n) is 7.56. The molecule has 0 aliphatic carbocycles. The Bertz CT molecular complexity index is 807. The first-order valence-corrected chi connectivity index (χ1v) is 7.56. The van der Waals surface area contributed by atoms with E-state index in [1.54, 1.807) is 18.2 Å². The summed E-state index contributed by atoms with van der Waals surface area (Å²) in [5, 5.41) is 2.61. The number of urea groups is 1. The maximum absolute atomic E-state index is 12.7. The van der Waals surface area contributed by atoms with E-state index in [2.05, 4.69) is 10.3 Å². The maximum Gasteiger partial charge on any atom is 0.446 e. The highest BCUT2D eigenvalue weighted by Crippen LogP contribution is 2.24. The second-order valence-electron chi connectivity index (χ2n) is 5.46. The molecule has 0 fully saturated rings. The van der Waals surface area contributed by atoms with Crippen LogP contribution in [0.4, 0.5) is 4.79 Å². The number of aliphatic imine (C=N–C) groups is 1. The van der Waals surface area contributed by atoms with Crippen molar-refractivity contribution in [2.45, 2.75) is 6.54 Å². The van der Waals surface area contributed by atoms with Crippen LogP contribution in [0.2, 0.25) is 0 Å². The number of fused-ring (bicyclic) bond motifs is 1. The average molecular weight is 345 g/mol. The quantitative estimate of drug-likeness (QED) is 0.764. The van der Waals surface area contributed by atoms with Gasteiger partial charge in [-0.15, -0.1) is 4.99 Å². The first-order chi connectivity index (χ1) is 12.0. The largest absolute Gasteiger partial charge is 0.499 e. The minimum absolute atomic E-state index is 0.173. The molecule has 0 saturated heterocycles. The molecular weight excluding hydrogens is 328 g/mol. The van der Waals surface area contributed by atoms with Crippen molar-refractivity contribution in [3.05, 3.63) is 36.0 Å². The van der Waals surface area contributed by atoms with Crippen molar-refractivity contribution in [1.82, 2.24) is 10.2 Å². The van der Waals surface area contributed by atoms with Crippen LogP contribution in [0.1, 0.15) is 5.76 Å². The summed E-state index contributed by atoms with van der Waals surface area (Å²) in [6.45, 7) is -0.223. The molecule has 1 N–H and O–H groups in total. The molecule has 1 aromatic heterocycles. The number of amidine groups is 1. The Balaban J connectivity index is 1.76. The Labute approximate surface area is 143 Å². The number of carbonyl (C=O) groups is 3. The summed E-state index contributed by atoms with van der Waals surface area (Å²) in [5.41, 5.74) is 0. The number of hydrogen-bond donors (Lipinski definition) is 1. The van der Waals surface area contributed by atoms with Gasteiger partial charge in [-0.1, -0.05) is 0 Å². The smallest absolute Gasteiger partial charge is 0.446 e. The van der Waals surface area contributed by atoms with Crippen molar-refractivity contribution in [3.8, 4) is 0 Å². The van der Waals surface area contributed by atoms with Crippen LogP contribution >= 0.6 is 0 Å². The Morgan fingerprint density at radius 3 is 2.96 bits per heavy atom. The summed E-state index contributed by atoms with van der Waals surface area (Å²) in [7, 11) is 2.94. The number of rotatable bonds is 5. The molecule has 1 atom stereocenters. The zero-order chi connectivity index (χ0) is 18.0. The molecule has 9 heteroatoms. The van der Waals surface area contributed by atoms with E-state index in [0.717, 1.165) is 4.90 Å². The van der Waals surface area contributed by atoms with E-state index in [0.29, 0.717) is 11.5 Å². The third-order valence-corrected chi connectivity index (χ3v) is 3.94. The lowest BCUT2D eigenvalue weighted by atomic mass is 9.99. The molecule has 2 aliphatic rings. The molecule has 3 rings (SSSR count). The third-order valence-electron chi connectivity index (χ3n) is 3.94. The molecular formula is C16H17N4O5+. The fourth-order valence-corrected chi connectivity index (χ4v) is 2.66. The van der Waals surface area contributed by atoms with Gasteiger partial charge in [-0.2, -0.15) is 9.48 Å². The van der Waals surface area contributed by atoms with Crippen molar-refractivity contribution >= 4 is 29.9 Å². The molecule has 1 unspecified atom stereocenters. The number of nitrogens with zero attached hydrogens (tertiary/aromatic N) is 3. The van der Waals surface area contributed by atoms with Crippen molar-refractivity contribution < 1.29 is 28.1 Å². The van der Waals surface area contributed by atoms with Gasteiger partial charge in [0.2, 0.25) is 0 Å². The van der Waals surface area contributed by atoms with Gasteiger partial charge in [-0.3, -0.25) is 9.59 Å². The number of methoxy groups -OCH3 is 1. The van der Waals surface area contributed by atoms with E-state index >= 15 is 0 Å². The molecule has 3 heterocycles. The number of amides is 4. The van der Waals surface area contributed by atoms with Gasteiger partial charge < -0.3 is 14.5 Å². The number of hydrogen-bond acceptors (Lipinski definition) is 6.